The van der Waals surface area contributed by atoms with Crippen molar-refractivity contribution in [2.45, 2.75) is 6.54 Å². The minimum absolute atomic E-state index is 0. The molecule has 0 radical (unpaired) electrons. The molecule has 0 unspecified atom stereocenters. The highest BCUT2D eigenvalue weighted by Crippen LogP contribution is 2.34. The first kappa shape index (κ1) is 11.0. The van der Waals surface area contributed by atoms with E-state index < -0.39 is 0 Å². The molecule has 4 heteroatoms. The van der Waals surface area contributed by atoms with Gasteiger partial charge in [0.2, 0.25) is 0 Å². The van der Waals surface area contributed by atoms with E-state index in [1.165, 1.54) is 15.0 Å². The molecule has 0 amide bonds. The van der Waals surface area contributed by atoms with Crippen LogP contribution in [0.15, 0.2) is 28.7 Å². The quantitative estimate of drug-likeness (QED) is 0.848. The topological polar surface area (TPSA) is 26.0 Å². The molecular formula is C9H9BrClNS. The maximum absolute atomic E-state index is 5.59. The van der Waals surface area contributed by atoms with Crippen molar-refractivity contribution in [3.8, 4) is 0 Å². The van der Waals surface area contributed by atoms with Crippen LogP contribution in [0, 0.1) is 0 Å². The molecule has 1 nitrogen and oxygen atoms in total. The fraction of sp³-hybridized carbons (Fsp3) is 0.111. The number of benzene rings is 1. The zero-order valence-corrected chi connectivity index (χ0v) is 10.0. The summed E-state index contributed by atoms with van der Waals surface area (Å²) < 4.78 is 2.45. The molecule has 0 spiro atoms. The van der Waals surface area contributed by atoms with E-state index >= 15 is 0 Å². The average Bonchev–Trinajstić information content (AvgIpc) is 2.44. The molecule has 1 aromatic heterocycles. The lowest BCUT2D eigenvalue weighted by Crippen LogP contribution is -1.92. The molecule has 0 aliphatic heterocycles. The Labute approximate surface area is 95.5 Å². The molecule has 2 rings (SSSR count). The summed E-state index contributed by atoms with van der Waals surface area (Å²) in [6, 6.07) is 8.31. The summed E-state index contributed by atoms with van der Waals surface area (Å²) in [7, 11) is 0. The maximum Gasteiger partial charge on any atom is 0.0406 e. The van der Waals surface area contributed by atoms with Gasteiger partial charge in [-0.1, -0.05) is 18.2 Å². The van der Waals surface area contributed by atoms with E-state index in [1.54, 1.807) is 11.3 Å². The summed E-state index contributed by atoms with van der Waals surface area (Å²) >= 11 is 5.29. The maximum atomic E-state index is 5.59. The number of halogens is 2. The molecule has 13 heavy (non-hydrogen) atoms. The zero-order chi connectivity index (χ0) is 8.55. The lowest BCUT2D eigenvalue weighted by Gasteiger charge is -1.89. The molecule has 0 atom stereocenters. The van der Waals surface area contributed by atoms with Crippen LogP contribution in [0.2, 0.25) is 0 Å². The Hall–Kier alpha value is -0.0900. The van der Waals surface area contributed by atoms with Gasteiger partial charge < -0.3 is 5.73 Å². The minimum Gasteiger partial charge on any atom is -0.326 e. The zero-order valence-electron chi connectivity index (χ0n) is 6.79. The summed E-state index contributed by atoms with van der Waals surface area (Å²) in [4.78, 5) is 1.22. The molecule has 0 saturated carbocycles. The van der Waals surface area contributed by atoms with Crippen molar-refractivity contribution in [1.82, 2.24) is 0 Å². The fourth-order valence-electron chi connectivity index (χ4n) is 1.20. The highest BCUT2D eigenvalue weighted by atomic mass is 79.9. The summed E-state index contributed by atoms with van der Waals surface area (Å²) in [5, 5.41) is 1.27. The third kappa shape index (κ3) is 1.89. The van der Waals surface area contributed by atoms with Crippen molar-refractivity contribution in [2.75, 3.05) is 0 Å². The Bertz CT molecular complexity index is 413. The SMILES string of the molecule is Cl.NCc1sc2ccccc2c1Br. The van der Waals surface area contributed by atoms with E-state index in [2.05, 4.69) is 28.1 Å². The number of thiophene rings is 1. The Morgan fingerprint density at radius 2 is 2.00 bits per heavy atom. The van der Waals surface area contributed by atoms with Gasteiger partial charge in [0.1, 0.15) is 0 Å². The third-order valence-electron chi connectivity index (χ3n) is 1.79. The van der Waals surface area contributed by atoms with Gasteiger partial charge in [-0.3, -0.25) is 0 Å². The van der Waals surface area contributed by atoms with Gasteiger partial charge in [0.05, 0.1) is 0 Å². The van der Waals surface area contributed by atoms with Crippen LogP contribution < -0.4 is 5.73 Å². The summed E-state index contributed by atoms with van der Waals surface area (Å²) in [5.74, 6) is 0. The lowest BCUT2D eigenvalue weighted by molar-refractivity contribution is 1.10. The fourth-order valence-corrected chi connectivity index (χ4v) is 3.05. The Morgan fingerprint density at radius 1 is 1.31 bits per heavy atom. The Morgan fingerprint density at radius 3 is 2.62 bits per heavy atom. The van der Waals surface area contributed by atoms with Crippen molar-refractivity contribution in [2.24, 2.45) is 5.73 Å². The van der Waals surface area contributed by atoms with E-state index in [1.807, 2.05) is 12.1 Å². The molecule has 0 aliphatic carbocycles. The largest absolute Gasteiger partial charge is 0.326 e. The first-order valence-corrected chi connectivity index (χ1v) is 5.30. The van der Waals surface area contributed by atoms with E-state index in [4.69, 9.17) is 5.73 Å². The molecule has 0 aliphatic rings. The standard InChI is InChI=1S/C9H8BrNS.ClH/c10-9-6-3-1-2-4-7(6)12-8(9)5-11;/h1-4H,5,11H2;1H. The van der Waals surface area contributed by atoms with Crippen molar-refractivity contribution in [3.05, 3.63) is 33.6 Å². The molecule has 1 heterocycles. The van der Waals surface area contributed by atoms with Gasteiger partial charge >= 0.3 is 0 Å². The normalized spacial score (nSPS) is 10.0. The third-order valence-corrected chi connectivity index (χ3v) is 4.15. The van der Waals surface area contributed by atoms with Gasteiger partial charge in [-0.15, -0.1) is 23.7 Å². The van der Waals surface area contributed by atoms with Crippen LogP contribution in [0.5, 0.6) is 0 Å². The smallest absolute Gasteiger partial charge is 0.0406 e. The van der Waals surface area contributed by atoms with Gasteiger partial charge in [-0.2, -0.15) is 0 Å². The second-order valence-corrected chi connectivity index (χ2v) is 4.47. The van der Waals surface area contributed by atoms with Crippen LogP contribution in [0.4, 0.5) is 0 Å². The van der Waals surface area contributed by atoms with E-state index in [9.17, 15) is 0 Å². The summed E-state index contributed by atoms with van der Waals surface area (Å²) in [6.07, 6.45) is 0. The highest BCUT2D eigenvalue weighted by molar-refractivity contribution is 9.10. The molecule has 2 N–H and O–H groups in total. The molecule has 70 valence electrons. The van der Waals surface area contributed by atoms with Crippen LogP contribution in [-0.4, -0.2) is 0 Å². The first-order valence-electron chi connectivity index (χ1n) is 3.69. The van der Waals surface area contributed by atoms with E-state index in [-0.39, 0.29) is 12.4 Å². The van der Waals surface area contributed by atoms with Gasteiger partial charge in [-0.25, -0.2) is 0 Å². The Balaban J connectivity index is 0.000000845. The summed E-state index contributed by atoms with van der Waals surface area (Å²) in [5.41, 5.74) is 5.59. The predicted octanol–water partition coefficient (Wildman–Crippen LogP) is 3.54. The minimum atomic E-state index is 0. The predicted molar refractivity (Wildman–Crippen MR) is 64.7 cm³/mol. The molecule has 0 fully saturated rings. The molecule has 0 saturated heterocycles. The number of hydrogen-bond acceptors (Lipinski definition) is 2. The van der Waals surface area contributed by atoms with Crippen LogP contribution in [0.25, 0.3) is 10.1 Å². The first-order chi connectivity index (χ1) is 5.83. The molecule has 0 bridgehead atoms. The van der Waals surface area contributed by atoms with Crippen molar-refractivity contribution in [3.63, 3.8) is 0 Å². The van der Waals surface area contributed by atoms with Crippen LogP contribution in [0.1, 0.15) is 4.88 Å². The van der Waals surface area contributed by atoms with Gasteiger partial charge in [0.15, 0.2) is 0 Å². The van der Waals surface area contributed by atoms with Crippen LogP contribution in [0.3, 0.4) is 0 Å². The Kier molecular flexibility index (Phi) is 3.74. The van der Waals surface area contributed by atoms with Crippen molar-refractivity contribution in [1.29, 1.82) is 0 Å². The van der Waals surface area contributed by atoms with E-state index in [0.717, 1.165) is 4.47 Å². The van der Waals surface area contributed by atoms with Gasteiger partial charge in [0, 0.05) is 26.0 Å². The van der Waals surface area contributed by atoms with Gasteiger partial charge in [0.25, 0.3) is 0 Å². The van der Waals surface area contributed by atoms with Gasteiger partial charge in [-0.05, 0) is 22.0 Å². The van der Waals surface area contributed by atoms with Crippen LogP contribution in [-0.2, 0) is 6.54 Å². The second-order valence-electron chi connectivity index (χ2n) is 2.54. The van der Waals surface area contributed by atoms with Crippen molar-refractivity contribution >= 4 is 49.8 Å². The highest BCUT2D eigenvalue weighted by Gasteiger charge is 2.06. The van der Waals surface area contributed by atoms with E-state index in [0.29, 0.717) is 6.54 Å². The average molecular weight is 279 g/mol. The monoisotopic (exact) mass is 277 g/mol. The number of hydrogen-bond donors (Lipinski definition) is 1. The molecule has 2 aromatic rings. The lowest BCUT2D eigenvalue weighted by atomic mass is 10.2. The molecular weight excluding hydrogens is 270 g/mol. The number of fused-ring (bicyclic) bond motifs is 1. The van der Waals surface area contributed by atoms with Crippen LogP contribution >= 0.6 is 39.7 Å². The number of rotatable bonds is 1. The number of nitrogens with two attached hydrogens (primary N) is 1. The van der Waals surface area contributed by atoms with Crippen molar-refractivity contribution < 1.29 is 0 Å². The summed E-state index contributed by atoms with van der Waals surface area (Å²) in [6.45, 7) is 0.611. The second kappa shape index (κ2) is 4.42. The molecule has 1 aromatic carbocycles.